The monoisotopic (exact) mass is 336 g/mol. The summed E-state index contributed by atoms with van der Waals surface area (Å²) in [6, 6.07) is 8.72. The molecular formula is C18H28N2O2S. The van der Waals surface area contributed by atoms with Gasteiger partial charge >= 0.3 is 0 Å². The number of nitrogens with zero attached hydrogens (tertiary/aromatic N) is 1. The van der Waals surface area contributed by atoms with Gasteiger partial charge in [0.15, 0.2) is 0 Å². The third kappa shape index (κ3) is 3.78. The first-order valence-corrected chi connectivity index (χ1v) is 10.5. The van der Waals surface area contributed by atoms with Crippen molar-refractivity contribution < 1.29 is 8.42 Å². The van der Waals surface area contributed by atoms with Crippen LogP contribution < -0.4 is 5.32 Å². The Balaban J connectivity index is 1.67. The highest BCUT2D eigenvalue weighted by molar-refractivity contribution is 7.88. The largest absolute Gasteiger partial charge is 0.307 e. The van der Waals surface area contributed by atoms with Crippen molar-refractivity contribution in [1.29, 1.82) is 0 Å². The maximum atomic E-state index is 11.8. The number of sulfonamides is 1. The number of hydrogen-bond acceptors (Lipinski definition) is 3. The third-order valence-corrected chi connectivity index (χ3v) is 6.74. The Bertz CT molecular complexity index is 659. The summed E-state index contributed by atoms with van der Waals surface area (Å²) < 4.78 is 25.2. The lowest BCUT2D eigenvalue weighted by Crippen LogP contribution is -2.48. The second-order valence-corrected chi connectivity index (χ2v) is 9.34. The minimum absolute atomic E-state index is 0.0161. The maximum Gasteiger partial charge on any atom is 0.211 e. The van der Waals surface area contributed by atoms with Crippen molar-refractivity contribution in [2.75, 3.05) is 25.9 Å². The van der Waals surface area contributed by atoms with E-state index in [0.717, 1.165) is 25.8 Å². The fourth-order valence-electron chi connectivity index (χ4n) is 4.09. The lowest BCUT2D eigenvalue weighted by molar-refractivity contribution is 0.226. The number of nitrogens with one attached hydrogen (secondary N) is 1. The Morgan fingerprint density at radius 3 is 2.87 bits per heavy atom. The quantitative estimate of drug-likeness (QED) is 0.919. The summed E-state index contributed by atoms with van der Waals surface area (Å²) in [6.45, 7) is 4.51. The topological polar surface area (TPSA) is 49.4 Å². The van der Waals surface area contributed by atoms with E-state index >= 15 is 0 Å². The Hall–Kier alpha value is -0.910. The number of fused-ring (bicyclic) bond motifs is 1. The predicted octanol–water partition coefficient (Wildman–Crippen LogP) is 2.50. The highest BCUT2D eigenvalue weighted by Crippen LogP contribution is 2.35. The second-order valence-electron chi connectivity index (χ2n) is 7.35. The van der Waals surface area contributed by atoms with Gasteiger partial charge < -0.3 is 5.32 Å². The maximum absolute atomic E-state index is 11.8. The van der Waals surface area contributed by atoms with Crippen LogP contribution >= 0.6 is 0 Å². The van der Waals surface area contributed by atoms with Crippen LogP contribution in [0.1, 0.15) is 43.7 Å². The summed E-state index contributed by atoms with van der Waals surface area (Å²) in [6.07, 6.45) is 6.91. The van der Waals surface area contributed by atoms with E-state index in [4.69, 9.17) is 0 Å². The minimum Gasteiger partial charge on any atom is -0.307 e. The van der Waals surface area contributed by atoms with E-state index in [1.807, 2.05) is 0 Å². The van der Waals surface area contributed by atoms with Crippen LogP contribution in [0.4, 0.5) is 0 Å². The zero-order valence-corrected chi connectivity index (χ0v) is 15.0. The molecule has 0 amide bonds. The van der Waals surface area contributed by atoms with Gasteiger partial charge in [0.1, 0.15) is 0 Å². The van der Waals surface area contributed by atoms with Crippen molar-refractivity contribution in [3.05, 3.63) is 35.4 Å². The molecule has 1 N–H and O–H groups in total. The summed E-state index contributed by atoms with van der Waals surface area (Å²) in [5.41, 5.74) is 2.89. The summed E-state index contributed by atoms with van der Waals surface area (Å²) in [7, 11) is -3.06. The van der Waals surface area contributed by atoms with E-state index in [0.29, 0.717) is 19.0 Å². The third-order valence-electron chi connectivity index (χ3n) is 5.47. The van der Waals surface area contributed by atoms with Gasteiger partial charge in [0.25, 0.3) is 0 Å². The molecule has 1 aliphatic heterocycles. The molecule has 0 spiro atoms. The molecule has 0 radical (unpaired) electrons. The van der Waals surface area contributed by atoms with Gasteiger partial charge in [-0.25, -0.2) is 12.7 Å². The molecule has 0 bridgehead atoms. The molecule has 128 valence electrons. The van der Waals surface area contributed by atoms with Crippen LogP contribution in [0.25, 0.3) is 0 Å². The summed E-state index contributed by atoms with van der Waals surface area (Å²) in [4.78, 5) is 0. The molecular weight excluding hydrogens is 308 g/mol. The zero-order chi connectivity index (χ0) is 16.5. The Morgan fingerprint density at radius 2 is 2.09 bits per heavy atom. The lowest BCUT2D eigenvalue weighted by Gasteiger charge is -2.39. The molecule has 2 aliphatic rings. The number of piperidine rings is 1. The van der Waals surface area contributed by atoms with E-state index in [-0.39, 0.29) is 5.54 Å². The van der Waals surface area contributed by atoms with Crippen LogP contribution in [-0.4, -0.2) is 38.6 Å². The van der Waals surface area contributed by atoms with Crippen LogP contribution in [0.5, 0.6) is 0 Å². The molecule has 1 aromatic rings. The first-order valence-electron chi connectivity index (χ1n) is 8.67. The van der Waals surface area contributed by atoms with E-state index in [1.54, 1.807) is 4.31 Å². The second kappa shape index (κ2) is 6.54. The van der Waals surface area contributed by atoms with Crippen LogP contribution in [-0.2, 0) is 22.0 Å². The van der Waals surface area contributed by atoms with Crippen molar-refractivity contribution >= 4 is 10.0 Å². The van der Waals surface area contributed by atoms with Crippen molar-refractivity contribution in [2.24, 2.45) is 5.92 Å². The van der Waals surface area contributed by atoms with E-state index < -0.39 is 10.0 Å². The first-order chi connectivity index (χ1) is 10.9. The molecule has 0 saturated carbocycles. The summed E-state index contributed by atoms with van der Waals surface area (Å²) >= 11 is 0. The van der Waals surface area contributed by atoms with E-state index in [9.17, 15) is 8.42 Å². The Labute approximate surface area is 140 Å². The molecule has 23 heavy (non-hydrogen) atoms. The number of hydrogen-bond donors (Lipinski definition) is 1. The van der Waals surface area contributed by atoms with Gasteiger partial charge in [-0.05, 0) is 56.1 Å². The van der Waals surface area contributed by atoms with Gasteiger partial charge in [-0.3, -0.25) is 0 Å². The predicted molar refractivity (Wildman–Crippen MR) is 93.9 cm³/mol. The molecule has 0 aromatic heterocycles. The highest BCUT2D eigenvalue weighted by Gasteiger charge is 2.33. The summed E-state index contributed by atoms with van der Waals surface area (Å²) in [5, 5.41) is 3.77. The van der Waals surface area contributed by atoms with Crippen LogP contribution in [0, 0.1) is 5.92 Å². The van der Waals surface area contributed by atoms with E-state index in [2.05, 4.69) is 36.5 Å². The van der Waals surface area contributed by atoms with Crippen molar-refractivity contribution in [2.45, 2.75) is 44.6 Å². The van der Waals surface area contributed by atoms with Gasteiger partial charge in [0.2, 0.25) is 10.0 Å². The van der Waals surface area contributed by atoms with Crippen LogP contribution in [0.2, 0.25) is 0 Å². The Morgan fingerprint density at radius 1 is 1.30 bits per heavy atom. The first kappa shape index (κ1) is 16.9. The van der Waals surface area contributed by atoms with Gasteiger partial charge in [-0.2, -0.15) is 0 Å². The normalized spacial score (nSPS) is 29.2. The van der Waals surface area contributed by atoms with Crippen LogP contribution in [0.15, 0.2) is 24.3 Å². The minimum atomic E-state index is -3.06. The lowest BCUT2D eigenvalue weighted by atomic mass is 9.77. The molecule has 1 aliphatic carbocycles. The molecule has 1 aromatic carbocycles. The SMILES string of the molecule is CC1(NCC2CCCN(S(C)(=O)=O)C2)CCCc2ccccc21. The molecule has 5 heteroatoms. The molecule has 1 fully saturated rings. The van der Waals surface area contributed by atoms with Crippen molar-refractivity contribution in [3.8, 4) is 0 Å². The molecule has 4 nitrogen and oxygen atoms in total. The zero-order valence-electron chi connectivity index (χ0n) is 14.2. The number of aryl methyl sites for hydroxylation is 1. The van der Waals surface area contributed by atoms with Gasteiger partial charge in [0.05, 0.1) is 6.26 Å². The molecule has 3 rings (SSSR count). The molecule has 2 unspecified atom stereocenters. The van der Waals surface area contributed by atoms with Crippen molar-refractivity contribution in [1.82, 2.24) is 9.62 Å². The number of benzene rings is 1. The standard InChI is InChI=1S/C18H28N2O2S/c1-18(11-5-9-16-8-3-4-10-17(16)18)19-13-15-7-6-12-20(14-15)23(2,21)22/h3-4,8,10,15,19H,5-7,9,11-14H2,1-2H3. The molecule has 2 atom stereocenters. The van der Waals surface area contributed by atoms with Crippen LogP contribution in [0.3, 0.4) is 0 Å². The fraction of sp³-hybridized carbons (Fsp3) is 0.667. The van der Waals surface area contributed by atoms with Crippen molar-refractivity contribution in [3.63, 3.8) is 0 Å². The number of rotatable bonds is 4. The van der Waals surface area contributed by atoms with Gasteiger partial charge in [-0.1, -0.05) is 24.3 Å². The van der Waals surface area contributed by atoms with Gasteiger partial charge in [0, 0.05) is 25.2 Å². The fourth-order valence-corrected chi connectivity index (χ4v) is 5.03. The Kier molecular flexibility index (Phi) is 4.81. The summed E-state index contributed by atoms with van der Waals surface area (Å²) in [5.74, 6) is 0.407. The smallest absolute Gasteiger partial charge is 0.211 e. The average Bonchev–Trinajstić information content (AvgIpc) is 2.53. The highest BCUT2D eigenvalue weighted by atomic mass is 32.2. The molecule has 1 heterocycles. The van der Waals surface area contributed by atoms with Gasteiger partial charge in [-0.15, -0.1) is 0 Å². The molecule has 1 saturated heterocycles. The average molecular weight is 337 g/mol. The van der Waals surface area contributed by atoms with E-state index in [1.165, 1.54) is 30.2 Å².